The van der Waals surface area contributed by atoms with Gasteiger partial charge < -0.3 is 20.1 Å². The minimum absolute atomic E-state index is 0.0213. The van der Waals surface area contributed by atoms with Crippen LogP contribution in [0.4, 0.5) is 0 Å². The second kappa shape index (κ2) is 15.1. The summed E-state index contributed by atoms with van der Waals surface area (Å²) in [6.07, 6.45) is 13.0. The van der Waals surface area contributed by atoms with Crippen LogP contribution in [0.25, 0.3) is 0 Å². The van der Waals surface area contributed by atoms with Crippen LogP contribution in [0.2, 0.25) is 0 Å². The minimum Gasteiger partial charge on any atom is -0.479 e. The summed E-state index contributed by atoms with van der Waals surface area (Å²) in [5.41, 5.74) is -1.59. The number of aliphatic hydroxyl groups is 2. The van der Waals surface area contributed by atoms with E-state index in [1.54, 1.807) is 30.3 Å². The van der Waals surface area contributed by atoms with Crippen molar-refractivity contribution in [1.29, 1.82) is 0 Å². The number of carbonyl (C=O) groups excluding carboxylic acids is 1. The number of carboxylic acids is 1. The number of carboxylic acid groups (broad SMARTS) is 1. The van der Waals surface area contributed by atoms with Crippen molar-refractivity contribution in [3.63, 3.8) is 0 Å². The molecule has 0 saturated heterocycles. The van der Waals surface area contributed by atoms with Crippen molar-refractivity contribution in [1.82, 2.24) is 0 Å². The van der Waals surface area contributed by atoms with E-state index < -0.39 is 17.7 Å². The Morgan fingerprint density at radius 3 is 2.62 bits per heavy atom. The third-order valence-corrected chi connectivity index (χ3v) is 6.92. The average Bonchev–Trinajstić information content (AvgIpc) is 3.19. The van der Waals surface area contributed by atoms with E-state index in [1.807, 2.05) is 0 Å². The van der Waals surface area contributed by atoms with Crippen LogP contribution in [0.15, 0.2) is 42.5 Å². The zero-order valence-electron chi connectivity index (χ0n) is 20.5. The number of ether oxygens (including phenoxy) is 1. The molecule has 190 valence electrons. The highest BCUT2D eigenvalue weighted by atomic mass is 16.5. The van der Waals surface area contributed by atoms with E-state index in [1.165, 1.54) is 25.7 Å². The number of unbranched alkanes of at least 4 members (excludes halogenated alkanes) is 5. The second-order valence-corrected chi connectivity index (χ2v) is 9.33. The summed E-state index contributed by atoms with van der Waals surface area (Å²) in [5.74, 6) is -0.654. The van der Waals surface area contributed by atoms with Crippen molar-refractivity contribution in [3.05, 3.63) is 48.0 Å². The number of allylic oxidation sites excluding steroid dienone is 2. The molecule has 6 heteroatoms. The van der Waals surface area contributed by atoms with Crippen molar-refractivity contribution < 1.29 is 29.6 Å². The molecule has 1 fully saturated rings. The lowest BCUT2D eigenvalue weighted by atomic mass is 9.84. The van der Waals surface area contributed by atoms with Crippen LogP contribution < -0.4 is 0 Å². The van der Waals surface area contributed by atoms with Gasteiger partial charge in [0.15, 0.2) is 0 Å². The molecular weight excluding hydrogens is 432 g/mol. The van der Waals surface area contributed by atoms with E-state index >= 15 is 0 Å². The summed E-state index contributed by atoms with van der Waals surface area (Å²) in [6, 6.07) is 8.40. The molecule has 3 N–H and O–H groups in total. The van der Waals surface area contributed by atoms with Crippen molar-refractivity contribution >= 4 is 11.8 Å². The van der Waals surface area contributed by atoms with Crippen LogP contribution in [0, 0.1) is 11.8 Å². The first kappa shape index (κ1) is 28.2. The largest absolute Gasteiger partial charge is 0.479 e. The fraction of sp³-hybridized carbons (Fsp3) is 0.643. The number of hydrogen-bond acceptors (Lipinski definition) is 5. The summed E-state index contributed by atoms with van der Waals surface area (Å²) in [5, 5.41) is 30.2. The zero-order valence-corrected chi connectivity index (χ0v) is 20.5. The van der Waals surface area contributed by atoms with Gasteiger partial charge in [0.1, 0.15) is 5.78 Å². The van der Waals surface area contributed by atoms with Crippen LogP contribution in [0.5, 0.6) is 0 Å². The minimum atomic E-state index is -1.93. The SMILES string of the molecule is CCCCCCC=C[C@H]1CCC(=O)[C@@H]1CCCCC(O)C(OCCO)(C(=O)O)c1ccccc1. The van der Waals surface area contributed by atoms with Gasteiger partial charge in [0.05, 0.1) is 19.3 Å². The molecule has 1 aromatic carbocycles. The third-order valence-electron chi connectivity index (χ3n) is 6.92. The van der Waals surface area contributed by atoms with Gasteiger partial charge in [0.2, 0.25) is 5.60 Å². The van der Waals surface area contributed by atoms with Crippen molar-refractivity contribution in [3.8, 4) is 0 Å². The van der Waals surface area contributed by atoms with Gasteiger partial charge in [-0.05, 0) is 43.6 Å². The summed E-state index contributed by atoms with van der Waals surface area (Å²) >= 11 is 0. The zero-order chi connectivity index (χ0) is 24.8. The van der Waals surface area contributed by atoms with E-state index in [0.29, 0.717) is 30.1 Å². The molecule has 0 amide bonds. The molecule has 0 bridgehead atoms. The van der Waals surface area contributed by atoms with Crippen LogP contribution in [0.1, 0.15) is 83.1 Å². The lowest BCUT2D eigenvalue weighted by molar-refractivity contribution is -0.189. The highest BCUT2D eigenvalue weighted by molar-refractivity contribution is 5.83. The van der Waals surface area contributed by atoms with Crippen molar-refractivity contribution in [2.75, 3.05) is 13.2 Å². The molecule has 0 spiro atoms. The molecule has 2 rings (SSSR count). The third kappa shape index (κ3) is 7.76. The molecule has 0 heterocycles. The Bertz CT molecular complexity index is 761. The first-order valence-corrected chi connectivity index (χ1v) is 12.9. The number of rotatable bonds is 17. The van der Waals surface area contributed by atoms with E-state index in [4.69, 9.17) is 4.74 Å². The predicted octanol–water partition coefficient (Wildman–Crippen LogP) is 5.02. The Morgan fingerprint density at radius 1 is 1.18 bits per heavy atom. The number of aliphatic carboxylic acids is 1. The number of Topliss-reactive ketones (excluding diaryl/α,β-unsaturated/α-hetero) is 1. The van der Waals surface area contributed by atoms with E-state index in [9.17, 15) is 24.9 Å². The molecule has 1 aliphatic carbocycles. The van der Waals surface area contributed by atoms with Crippen LogP contribution in [-0.4, -0.2) is 46.4 Å². The lowest BCUT2D eigenvalue weighted by Crippen LogP contribution is -2.49. The molecule has 0 aromatic heterocycles. The highest BCUT2D eigenvalue weighted by Crippen LogP contribution is 2.36. The molecule has 6 nitrogen and oxygen atoms in total. The van der Waals surface area contributed by atoms with E-state index in [2.05, 4.69) is 19.1 Å². The Labute approximate surface area is 204 Å². The summed E-state index contributed by atoms with van der Waals surface area (Å²) in [4.78, 5) is 24.7. The predicted molar refractivity (Wildman–Crippen MR) is 132 cm³/mol. The topological polar surface area (TPSA) is 104 Å². The van der Waals surface area contributed by atoms with Gasteiger partial charge in [-0.1, -0.05) is 81.5 Å². The fourth-order valence-corrected chi connectivity index (χ4v) is 5.00. The molecule has 1 saturated carbocycles. The summed E-state index contributed by atoms with van der Waals surface area (Å²) < 4.78 is 5.57. The maximum atomic E-state index is 12.4. The number of benzene rings is 1. The Morgan fingerprint density at radius 2 is 1.94 bits per heavy atom. The highest BCUT2D eigenvalue weighted by Gasteiger charge is 2.48. The van der Waals surface area contributed by atoms with Crippen molar-refractivity contribution in [2.24, 2.45) is 11.8 Å². The molecule has 1 aliphatic rings. The maximum Gasteiger partial charge on any atom is 0.343 e. The summed E-state index contributed by atoms with van der Waals surface area (Å²) in [7, 11) is 0. The number of ketones is 1. The monoisotopic (exact) mass is 474 g/mol. The Hall–Kier alpha value is -2.02. The number of hydrogen-bond donors (Lipinski definition) is 3. The number of aliphatic hydroxyl groups excluding tert-OH is 2. The summed E-state index contributed by atoms with van der Waals surface area (Å²) in [6.45, 7) is 1.67. The van der Waals surface area contributed by atoms with Gasteiger partial charge in [-0.15, -0.1) is 0 Å². The van der Waals surface area contributed by atoms with Gasteiger partial charge in [-0.2, -0.15) is 0 Å². The first-order chi connectivity index (χ1) is 16.5. The molecule has 0 aliphatic heterocycles. The molecule has 0 radical (unpaired) electrons. The molecule has 1 aromatic rings. The fourth-order valence-electron chi connectivity index (χ4n) is 5.00. The normalized spacial score (nSPS) is 21.1. The van der Waals surface area contributed by atoms with Crippen LogP contribution in [-0.2, 0) is 19.9 Å². The van der Waals surface area contributed by atoms with Crippen LogP contribution >= 0.6 is 0 Å². The Balaban J connectivity index is 1.92. The van der Waals surface area contributed by atoms with Gasteiger partial charge in [-0.25, -0.2) is 4.79 Å². The van der Waals surface area contributed by atoms with Gasteiger partial charge >= 0.3 is 5.97 Å². The standard InChI is InChI=1S/C28H42O6/c1-2-3-4-5-6-8-13-22-18-19-25(30)24(22)16-11-12-17-26(31)28(27(32)33,34-21-20-29)23-14-9-7-10-15-23/h7-10,13-15,22,24,26,29,31H,2-6,11-12,16-21H2,1H3,(H,32,33)/t22-,24+,26?,28?/m0/s1. The molecule has 4 atom stereocenters. The smallest absolute Gasteiger partial charge is 0.343 e. The second-order valence-electron chi connectivity index (χ2n) is 9.33. The Kier molecular flexibility index (Phi) is 12.5. The lowest BCUT2D eigenvalue weighted by Gasteiger charge is -2.34. The molecular formula is C28H42O6. The van der Waals surface area contributed by atoms with E-state index in [0.717, 1.165) is 25.7 Å². The quantitative estimate of drug-likeness (QED) is 0.216. The molecule has 34 heavy (non-hydrogen) atoms. The van der Waals surface area contributed by atoms with Crippen LogP contribution in [0.3, 0.4) is 0 Å². The van der Waals surface area contributed by atoms with Gasteiger partial charge in [0, 0.05) is 12.3 Å². The van der Waals surface area contributed by atoms with Gasteiger partial charge in [-0.3, -0.25) is 4.79 Å². The first-order valence-electron chi connectivity index (χ1n) is 12.9. The maximum absolute atomic E-state index is 12.4. The van der Waals surface area contributed by atoms with Gasteiger partial charge in [0.25, 0.3) is 0 Å². The van der Waals surface area contributed by atoms with E-state index in [-0.39, 0.29) is 25.6 Å². The number of carbonyl (C=O) groups is 2. The van der Waals surface area contributed by atoms with Crippen molar-refractivity contribution in [2.45, 2.75) is 89.3 Å². The molecule has 2 unspecified atom stereocenters. The average molecular weight is 475 g/mol.